The van der Waals surface area contributed by atoms with Crippen LogP contribution in [0.2, 0.25) is 0 Å². The van der Waals surface area contributed by atoms with Gasteiger partial charge in [-0.2, -0.15) is 4.98 Å². The molecular weight excluding hydrogens is 344 g/mol. The fourth-order valence-electron chi connectivity index (χ4n) is 2.34. The number of hydrogen-bond donors (Lipinski definition) is 1. The fourth-order valence-corrected chi connectivity index (χ4v) is 2.34. The van der Waals surface area contributed by atoms with Crippen molar-refractivity contribution in [2.75, 3.05) is 6.61 Å². The molecule has 27 heavy (non-hydrogen) atoms. The van der Waals surface area contributed by atoms with Gasteiger partial charge in [-0.15, -0.1) is 0 Å². The molecule has 1 aromatic carbocycles. The number of ether oxygens (including phenoxy) is 1. The van der Waals surface area contributed by atoms with E-state index in [0.29, 0.717) is 29.6 Å². The van der Waals surface area contributed by atoms with Crippen LogP contribution in [0.3, 0.4) is 0 Å². The van der Waals surface area contributed by atoms with E-state index >= 15 is 0 Å². The van der Waals surface area contributed by atoms with Crippen LogP contribution in [0.4, 0.5) is 0 Å². The molecule has 3 rings (SSSR count). The molecule has 0 aliphatic rings. The molecule has 138 valence electrons. The third-order valence-corrected chi connectivity index (χ3v) is 3.69. The van der Waals surface area contributed by atoms with E-state index < -0.39 is 6.04 Å². The number of para-hydroxylation sites is 1. The minimum absolute atomic E-state index is 0.291. The second-order valence-electron chi connectivity index (χ2n) is 6.14. The Morgan fingerprint density at radius 2 is 2.11 bits per heavy atom. The van der Waals surface area contributed by atoms with Crippen LogP contribution in [0, 0.1) is 0 Å². The molecule has 1 atom stereocenters. The minimum Gasteiger partial charge on any atom is -0.488 e. The number of hydrogen-bond acceptors (Lipinski definition) is 6. The van der Waals surface area contributed by atoms with E-state index in [2.05, 4.69) is 27.0 Å². The number of nitrogens with zero attached hydrogens (tertiary/aromatic N) is 3. The maximum absolute atomic E-state index is 12.7. The van der Waals surface area contributed by atoms with Crippen LogP contribution in [-0.2, 0) is 0 Å². The molecule has 7 nitrogen and oxygen atoms in total. The van der Waals surface area contributed by atoms with Crippen LogP contribution >= 0.6 is 0 Å². The number of aromatic nitrogens is 3. The first-order valence-corrected chi connectivity index (χ1v) is 8.45. The van der Waals surface area contributed by atoms with E-state index in [-0.39, 0.29) is 5.91 Å². The van der Waals surface area contributed by atoms with Gasteiger partial charge in [0.15, 0.2) is 0 Å². The van der Waals surface area contributed by atoms with Gasteiger partial charge < -0.3 is 14.6 Å². The zero-order valence-electron chi connectivity index (χ0n) is 15.2. The number of carbonyl (C=O) groups is 1. The van der Waals surface area contributed by atoms with Gasteiger partial charge in [-0.3, -0.25) is 9.78 Å². The standard InChI is InChI=1S/C20H20N4O3/c1-13(2)12-26-17-9-5-4-8-16(17)19(25)22-14(3)20-23-18(24-27-20)15-7-6-10-21-11-15/h4-11,14H,1,12H2,2-3H3,(H,22,25)/t14-/m0/s1. The van der Waals surface area contributed by atoms with E-state index in [9.17, 15) is 4.79 Å². The number of pyridine rings is 1. The second-order valence-corrected chi connectivity index (χ2v) is 6.14. The molecule has 3 aromatic rings. The highest BCUT2D eigenvalue weighted by molar-refractivity contribution is 5.97. The van der Waals surface area contributed by atoms with Gasteiger partial charge in [0.25, 0.3) is 5.91 Å². The van der Waals surface area contributed by atoms with Crippen LogP contribution in [-0.4, -0.2) is 27.6 Å². The quantitative estimate of drug-likeness (QED) is 0.645. The summed E-state index contributed by atoms with van der Waals surface area (Å²) < 4.78 is 10.9. The van der Waals surface area contributed by atoms with Crippen LogP contribution in [0.15, 0.2) is 65.5 Å². The number of amides is 1. The third kappa shape index (κ3) is 4.58. The summed E-state index contributed by atoms with van der Waals surface area (Å²) in [5, 5.41) is 6.79. The number of rotatable bonds is 7. The maximum atomic E-state index is 12.7. The Hall–Kier alpha value is -3.48. The third-order valence-electron chi connectivity index (χ3n) is 3.69. The molecule has 0 saturated heterocycles. The van der Waals surface area contributed by atoms with Gasteiger partial charge >= 0.3 is 0 Å². The average Bonchev–Trinajstić information content (AvgIpc) is 3.17. The highest BCUT2D eigenvalue weighted by Gasteiger charge is 2.20. The van der Waals surface area contributed by atoms with Gasteiger partial charge in [-0.05, 0) is 43.7 Å². The highest BCUT2D eigenvalue weighted by atomic mass is 16.5. The van der Waals surface area contributed by atoms with Crippen LogP contribution in [0.5, 0.6) is 5.75 Å². The summed E-state index contributed by atoms with van der Waals surface area (Å²) in [5.41, 5.74) is 2.04. The van der Waals surface area contributed by atoms with Crippen molar-refractivity contribution in [1.29, 1.82) is 0 Å². The van der Waals surface area contributed by atoms with E-state index in [1.54, 1.807) is 43.6 Å². The van der Waals surface area contributed by atoms with Crippen molar-refractivity contribution in [3.8, 4) is 17.1 Å². The molecule has 0 bridgehead atoms. The summed E-state index contributed by atoms with van der Waals surface area (Å²) in [6.45, 7) is 7.78. The van der Waals surface area contributed by atoms with Gasteiger partial charge in [0.1, 0.15) is 18.4 Å². The van der Waals surface area contributed by atoms with Gasteiger partial charge in [0.05, 0.1) is 5.56 Å². The summed E-state index contributed by atoms with van der Waals surface area (Å²) in [6.07, 6.45) is 3.31. The molecular formula is C20H20N4O3. The Bertz CT molecular complexity index is 937. The topological polar surface area (TPSA) is 90.1 Å². The first-order chi connectivity index (χ1) is 13.0. The average molecular weight is 364 g/mol. The number of carbonyl (C=O) groups excluding carboxylic acids is 1. The Balaban J connectivity index is 1.71. The maximum Gasteiger partial charge on any atom is 0.255 e. The van der Waals surface area contributed by atoms with E-state index in [1.165, 1.54) is 0 Å². The Morgan fingerprint density at radius 3 is 2.85 bits per heavy atom. The molecule has 0 aliphatic heterocycles. The first-order valence-electron chi connectivity index (χ1n) is 8.45. The molecule has 1 N–H and O–H groups in total. The molecule has 7 heteroatoms. The van der Waals surface area contributed by atoms with Crippen molar-refractivity contribution in [3.63, 3.8) is 0 Å². The van der Waals surface area contributed by atoms with Gasteiger partial charge in [-0.1, -0.05) is 23.9 Å². The fraction of sp³-hybridized carbons (Fsp3) is 0.200. The van der Waals surface area contributed by atoms with Crippen molar-refractivity contribution < 1.29 is 14.1 Å². The van der Waals surface area contributed by atoms with Crippen LogP contribution in [0.1, 0.15) is 36.1 Å². The Kier molecular flexibility index (Phi) is 5.61. The normalized spacial score (nSPS) is 11.6. The lowest BCUT2D eigenvalue weighted by atomic mass is 10.1. The smallest absolute Gasteiger partial charge is 0.255 e. The molecule has 1 amide bonds. The monoisotopic (exact) mass is 364 g/mol. The second kappa shape index (κ2) is 8.27. The number of nitrogens with one attached hydrogen (secondary N) is 1. The molecule has 0 spiro atoms. The zero-order valence-corrected chi connectivity index (χ0v) is 15.2. The summed E-state index contributed by atoms with van der Waals surface area (Å²) >= 11 is 0. The molecule has 2 aromatic heterocycles. The summed E-state index contributed by atoms with van der Waals surface area (Å²) in [5.74, 6) is 0.930. The van der Waals surface area contributed by atoms with Crippen molar-refractivity contribution in [1.82, 2.24) is 20.4 Å². The Labute approximate surface area is 157 Å². The molecule has 2 heterocycles. The lowest BCUT2D eigenvalue weighted by molar-refractivity contribution is 0.0929. The van der Waals surface area contributed by atoms with Crippen molar-refractivity contribution >= 4 is 5.91 Å². The summed E-state index contributed by atoms with van der Waals surface area (Å²) in [4.78, 5) is 21.0. The van der Waals surface area contributed by atoms with E-state index in [0.717, 1.165) is 11.1 Å². The van der Waals surface area contributed by atoms with Crippen molar-refractivity contribution in [2.24, 2.45) is 0 Å². The SMILES string of the molecule is C=C(C)COc1ccccc1C(=O)N[C@@H](C)c1nc(-c2cccnc2)no1. The lowest BCUT2D eigenvalue weighted by Gasteiger charge is -2.13. The summed E-state index contributed by atoms with van der Waals surface area (Å²) in [7, 11) is 0. The minimum atomic E-state index is -0.468. The molecule has 0 aliphatic carbocycles. The van der Waals surface area contributed by atoms with E-state index in [4.69, 9.17) is 9.26 Å². The number of benzene rings is 1. The van der Waals surface area contributed by atoms with Gasteiger partial charge in [-0.25, -0.2) is 0 Å². The highest BCUT2D eigenvalue weighted by Crippen LogP contribution is 2.21. The molecule has 0 fully saturated rings. The van der Waals surface area contributed by atoms with E-state index in [1.807, 2.05) is 19.1 Å². The first kappa shape index (κ1) is 18.3. The predicted octanol–water partition coefficient (Wildman–Crippen LogP) is 3.58. The van der Waals surface area contributed by atoms with Gasteiger partial charge in [0, 0.05) is 18.0 Å². The summed E-state index contributed by atoms with van der Waals surface area (Å²) in [6, 6.07) is 10.2. The predicted molar refractivity (Wildman–Crippen MR) is 100 cm³/mol. The van der Waals surface area contributed by atoms with Crippen LogP contribution in [0.25, 0.3) is 11.4 Å². The van der Waals surface area contributed by atoms with Crippen molar-refractivity contribution in [3.05, 3.63) is 72.4 Å². The largest absolute Gasteiger partial charge is 0.488 e. The van der Waals surface area contributed by atoms with Crippen molar-refractivity contribution in [2.45, 2.75) is 19.9 Å². The van der Waals surface area contributed by atoms with Crippen LogP contribution < -0.4 is 10.1 Å². The molecule has 0 unspecified atom stereocenters. The van der Waals surface area contributed by atoms with Gasteiger partial charge in [0.2, 0.25) is 11.7 Å². The zero-order chi connectivity index (χ0) is 19.2. The lowest BCUT2D eigenvalue weighted by Crippen LogP contribution is -2.27. The Morgan fingerprint density at radius 1 is 1.30 bits per heavy atom. The molecule has 0 saturated carbocycles. The molecule has 0 radical (unpaired) electrons.